The Hall–Kier alpha value is -1.92. The molecule has 2 heterocycles. The van der Waals surface area contributed by atoms with Gasteiger partial charge in [0.1, 0.15) is 0 Å². The molecule has 3 rings (SSSR count). The quantitative estimate of drug-likeness (QED) is 0.882. The van der Waals surface area contributed by atoms with Gasteiger partial charge in [0.15, 0.2) is 5.69 Å². The number of aromatic nitrogens is 2. The van der Waals surface area contributed by atoms with E-state index < -0.39 is 0 Å². The van der Waals surface area contributed by atoms with Crippen LogP contribution in [0.2, 0.25) is 0 Å². The Bertz CT molecular complexity index is 667. The van der Waals surface area contributed by atoms with Crippen molar-refractivity contribution in [2.75, 3.05) is 26.2 Å². The van der Waals surface area contributed by atoms with Crippen LogP contribution in [0, 0.1) is 0 Å². The summed E-state index contributed by atoms with van der Waals surface area (Å²) in [5, 5.41) is 10.8. The molecule has 1 saturated heterocycles. The molecule has 2 aromatic rings. The zero-order valence-electron chi connectivity index (χ0n) is 13.7. The largest absolute Gasteiger partial charge is 0.375 e. The van der Waals surface area contributed by atoms with Gasteiger partial charge in [0, 0.05) is 31.1 Å². The first-order chi connectivity index (χ1) is 11.1. The molecule has 1 aromatic heterocycles. The third-order valence-electron chi connectivity index (χ3n) is 4.34. The third kappa shape index (κ3) is 3.71. The van der Waals surface area contributed by atoms with Crippen molar-refractivity contribution in [1.29, 1.82) is 0 Å². The average Bonchev–Trinajstić information content (AvgIpc) is 2.99. The number of fused-ring (bicyclic) bond motifs is 1. The fraction of sp³-hybridized carbons (Fsp3) is 0.529. The molecule has 1 aromatic carbocycles. The number of H-pyrrole nitrogens is 1. The highest BCUT2D eigenvalue weighted by molar-refractivity contribution is 6.04. The SMILES string of the molecule is CC(C)N1CCOC(CCNC(=O)c2n[nH]c3ccccc23)C1. The minimum atomic E-state index is -0.140. The number of carbonyl (C=O) groups excluding carboxylic acids is 1. The minimum absolute atomic E-state index is 0.140. The number of morpholine rings is 1. The summed E-state index contributed by atoms with van der Waals surface area (Å²) in [5.41, 5.74) is 1.33. The topological polar surface area (TPSA) is 70.2 Å². The number of amides is 1. The second-order valence-electron chi connectivity index (χ2n) is 6.24. The maximum atomic E-state index is 12.3. The van der Waals surface area contributed by atoms with Gasteiger partial charge in [-0.25, -0.2) is 0 Å². The molecule has 0 radical (unpaired) electrons. The molecule has 124 valence electrons. The van der Waals surface area contributed by atoms with Crippen LogP contribution in [0.4, 0.5) is 0 Å². The molecule has 1 fully saturated rings. The summed E-state index contributed by atoms with van der Waals surface area (Å²) in [6.07, 6.45) is 1.000. The van der Waals surface area contributed by atoms with Crippen molar-refractivity contribution in [2.24, 2.45) is 0 Å². The van der Waals surface area contributed by atoms with E-state index in [2.05, 4.69) is 34.3 Å². The molecular formula is C17H24N4O2. The average molecular weight is 316 g/mol. The molecule has 1 atom stereocenters. The molecule has 2 N–H and O–H groups in total. The lowest BCUT2D eigenvalue weighted by atomic mass is 10.1. The van der Waals surface area contributed by atoms with Crippen LogP contribution in [0.3, 0.4) is 0 Å². The summed E-state index contributed by atoms with van der Waals surface area (Å²) in [5.74, 6) is -0.140. The Morgan fingerprint density at radius 2 is 2.30 bits per heavy atom. The van der Waals surface area contributed by atoms with Crippen LogP contribution in [0.5, 0.6) is 0 Å². The minimum Gasteiger partial charge on any atom is -0.375 e. The maximum absolute atomic E-state index is 12.3. The fourth-order valence-electron chi connectivity index (χ4n) is 2.95. The van der Waals surface area contributed by atoms with Gasteiger partial charge in [-0.15, -0.1) is 0 Å². The second kappa shape index (κ2) is 7.10. The predicted octanol–water partition coefficient (Wildman–Crippen LogP) is 1.79. The van der Waals surface area contributed by atoms with Crippen LogP contribution in [0.25, 0.3) is 10.9 Å². The highest BCUT2D eigenvalue weighted by Gasteiger charge is 2.22. The molecule has 0 bridgehead atoms. The van der Waals surface area contributed by atoms with Crippen molar-refractivity contribution in [3.63, 3.8) is 0 Å². The number of nitrogens with one attached hydrogen (secondary N) is 2. The summed E-state index contributed by atoms with van der Waals surface area (Å²) in [6, 6.07) is 8.17. The number of benzene rings is 1. The number of hydrogen-bond donors (Lipinski definition) is 2. The van der Waals surface area contributed by atoms with E-state index >= 15 is 0 Å². The summed E-state index contributed by atoms with van der Waals surface area (Å²) < 4.78 is 5.79. The van der Waals surface area contributed by atoms with E-state index in [4.69, 9.17) is 4.74 Å². The number of carbonyl (C=O) groups is 1. The normalized spacial score (nSPS) is 19.3. The first-order valence-electron chi connectivity index (χ1n) is 8.22. The smallest absolute Gasteiger partial charge is 0.272 e. The van der Waals surface area contributed by atoms with Gasteiger partial charge in [-0.2, -0.15) is 5.10 Å². The van der Waals surface area contributed by atoms with Crippen molar-refractivity contribution < 1.29 is 9.53 Å². The molecule has 6 nitrogen and oxygen atoms in total. The molecule has 23 heavy (non-hydrogen) atoms. The van der Waals surface area contributed by atoms with Gasteiger partial charge in [0.05, 0.1) is 18.2 Å². The summed E-state index contributed by atoms with van der Waals surface area (Å²) in [4.78, 5) is 14.7. The van der Waals surface area contributed by atoms with Crippen LogP contribution in [-0.2, 0) is 4.74 Å². The van der Waals surface area contributed by atoms with E-state index in [1.54, 1.807) is 0 Å². The molecular weight excluding hydrogens is 292 g/mol. The van der Waals surface area contributed by atoms with Gasteiger partial charge >= 0.3 is 0 Å². The Labute approximate surface area is 136 Å². The molecule has 1 aliphatic rings. The van der Waals surface area contributed by atoms with Crippen LogP contribution >= 0.6 is 0 Å². The van der Waals surface area contributed by atoms with Gasteiger partial charge in [-0.1, -0.05) is 18.2 Å². The van der Waals surface area contributed by atoms with E-state index in [1.165, 1.54) is 0 Å². The first-order valence-corrected chi connectivity index (χ1v) is 8.22. The number of para-hydroxylation sites is 1. The van der Waals surface area contributed by atoms with Crippen LogP contribution in [0.15, 0.2) is 24.3 Å². The van der Waals surface area contributed by atoms with Crippen LogP contribution in [-0.4, -0.2) is 59.4 Å². The zero-order valence-corrected chi connectivity index (χ0v) is 13.7. The van der Waals surface area contributed by atoms with Crippen LogP contribution in [0.1, 0.15) is 30.8 Å². The van der Waals surface area contributed by atoms with Gasteiger partial charge < -0.3 is 10.1 Å². The molecule has 0 aliphatic carbocycles. The van der Waals surface area contributed by atoms with E-state index in [9.17, 15) is 4.79 Å². The van der Waals surface area contributed by atoms with Gasteiger partial charge in [-0.3, -0.25) is 14.8 Å². The summed E-state index contributed by atoms with van der Waals surface area (Å²) >= 11 is 0. The standard InChI is InChI=1S/C17H24N4O2/c1-12(2)21-9-10-23-13(11-21)7-8-18-17(22)16-14-5-3-4-6-15(14)19-20-16/h3-6,12-13H,7-11H2,1-2H3,(H,18,22)(H,19,20). The third-order valence-corrected chi connectivity index (χ3v) is 4.34. The molecule has 0 spiro atoms. The lowest BCUT2D eigenvalue weighted by Crippen LogP contribution is -2.46. The molecule has 0 saturated carbocycles. The monoisotopic (exact) mass is 316 g/mol. The van der Waals surface area contributed by atoms with Crippen LogP contribution < -0.4 is 5.32 Å². The Kier molecular flexibility index (Phi) is 4.93. The van der Waals surface area contributed by atoms with Gasteiger partial charge in [-0.05, 0) is 26.3 Å². The number of aromatic amines is 1. The molecule has 1 amide bonds. The zero-order chi connectivity index (χ0) is 16.2. The summed E-state index contributed by atoms with van der Waals surface area (Å²) in [6.45, 7) is 7.68. The Morgan fingerprint density at radius 3 is 3.13 bits per heavy atom. The Morgan fingerprint density at radius 1 is 1.48 bits per heavy atom. The van der Waals surface area contributed by atoms with Crippen molar-refractivity contribution in [3.05, 3.63) is 30.0 Å². The lowest BCUT2D eigenvalue weighted by molar-refractivity contribution is -0.0412. The van der Waals surface area contributed by atoms with Gasteiger partial charge in [0.25, 0.3) is 5.91 Å². The van der Waals surface area contributed by atoms with E-state index in [-0.39, 0.29) is 12.0 Å². The van der Waals surface area contributed by atoms with Crippen molar-refractivity contribution in [3.8, 4) is 0 Å². The number of nitrogens with zero attached hydrogens (tertiary/aromatic N) is 2. The Balaban J connectivity index is 1.51. The number of hydrogen-bond acceptors (Lipinski definition) is 4. The molecule has 1 aliphatic heterocycles. The van der Waals surface area contributed by atoms with E-state index in [1.807, 2.05) is 24.3 Å². The predicted molar refractivity (Wildman–Crippen MR) is 89.5 cm³/mol. The highest BCUT2D eigenvalue weighted by Crippen LogP contribution is 2.15. The summed E-state index contributed by atoms with van der Waals surface area (Å²) in [7, 11) is 0. The second-order valence-corrected chi connectivity index (χ2v) is 6.24. The first kappa shape index (κ1) is 16.0. The molecule has 6 heteroatoms. The molecule has 1 unspecified atom stereocenters. The lowest BCUT2D eigenvalue weighted by Gasteiger charge is -2.35. The number of ether oxygens (including phenoxy) is 1. The maximum Gasteiger partial charge on any atom is 0.272 e. The van der Waals surface area contributed by atoms with E-state index in [0.717, 1.165) is 37.0 Å². The van der Waals surface area contributed by atoms with Crippen molar-refractivity contribution >= 4 is 16.8 Å². The van der Waals surface area contributed by atoms with Crippen molar-refractivity contribution in [2.45, 2.75) is 32.4 Å². The highest BCUT2D eigenvalue weighted by atomic mass is 16.5. The van der Waals surface area contributed by atoms with Gasteiger partial charge in [0.2, 0.25) is 0 Å². The number of rotatable bonds is 5. The van der Waals surface area contributed by atoms with Crippen molar-refractivity contribution in [1.82, 2.24) is 20.4 Å². The van der Waals surface area contributed by atoms with E-state index in [0.29, 0.717) is 18.3 Å². The fourth-order valence-corrected chi connectivity index (χ4v) is 2.95.